The van der Waals surface area contributed by atoms with E-state index in [0.29, 0.717) is 0 Å². The zero-order valence-corrected chi connectivity index (χ0v) is 14.1. The summed E-state index contributed by atoms with van der Waals surface area (Å²) in [5.41, 5.74) is 4.17. The minimum Gasteiger partial charge on any atom is -0.494 e. The van der Waals surface area contributed by atoms with Gasteiger partial charge in [0.1, 0.15) is 5.84 Å². The average molecular weight is 337 g/mol. The largest absolute Gasteiger partial charge is 0.494 e. The molecule has 0 saturated carbocycles. The number of aliphatic imine (C=N–C) groups is 1. The van der Waals surface area contributed by atoms with Crippen molar-refractivity contribution in [1.29, 1.82) is 0 Å². The van der Waals surface area contributed by atoms with Gasteiger partial charge in [-0.3, -0.25) is 0 Å². The Bertz CT molecular complexity index is 848. The van der Waals surface area contributed by atoms with E-state index in [0.717, 1.165) is 48.7 Å². The van der Waals surface area contributed by atoms with Crippen molar-refractivity contribution in [2.45, 2.75) is 6.42 Å². The topological polar surface area (TPSA) is 36.9 Å². The molecule has 1 N–H and O–H groups in total. The predicted molar refractivity (Wildman–Crippen MR) is 97.9 cm³/mol. The summed E-state index contributed by atoms with van der Waals surface area (Å²) in [4.78, 5) is 6.87. The molecule has 4 nitrogen and oxygen atoms in total. The molecular formula is C20H20FN3O. The summed E-state index contributed by atoms with van der Waals surface area (Å²) in [5.74, 6) is 0.828. The monoisotopic (exact) mass is 337 g/mol. The highest BCUT2D eigenvalue weighted by Gasteiger charge is 2.19. The van der Waals surface area contributed by atoms with Crippen LogP contribution in [0.2, 0.25) is 0 Å². The van der Waals surface area contributed by atoms with Gasteiger partial charge in [0.2, 0.25) is 0 Å². The zero-order valence-electron chi connectivity index (χ0n) is 14.1. The third kappa shape index (κ3) is 3.15. The van der Waals surface area contributed by atoms with Gasteiger partial charge in [-0.2, -0.15) is 0 Å². The number of methoxy groups -OCH3 is 1. The van der Waals surface area contributed by atoms with Gasteiger partial charge in [-0.05, 0) is 60.0 Å². The Labute approximate surface area is 146 Å². The molecule has 0 unspecified atom stereocenters. The molecule has 3 aliphatic rings. The second kappa shape index (κ2) is 6.69. The van der Waals surface area contributed by atoms with E-state index < -0.39 is 0 Å². The first-order valence-corrected chi connectivity index (χ1v) is 8.44. The molecule has 5 heteroatoms. The molecule has 0 fully saturated rings. The number of nitrogens with one attached hydrogen (secondary N) is 1. The Hall–Kier alpha value is -2.66. The smallest absolute Gasteiger partial charge is 0.165 e. The molecule has 128 valence electrons. The average Bonchev–Trinajstić information content (AvgIpc) is 2.68. The second-order valence-electron chi connectivity index (χ2n) is 6.16. The third-order valence-corrected chi connectivity index (χ3v) is 4.60. The normalized spacial score (nSPS) is 19.5. The van der Waals surface area contributed by atoms with E-state index in [9.17, 15) is 4.39 Å². The maximum Gasteiger partial charge on any atom is 0.165 e. The van der Waals surface area contributed by atoms with Gasteiger partial charge in [0.15, 0.2) is 11.6 Å². The van der Waals surface area contributed by atoms with Gasteiger partial charge in [0.25, 0.3) is 0 Å². The maximum atomic E-state index is 14.0. The van der Waals surface area contributed by atoms with Gasteiger partial charge in [0, 0.05) is 19.3 Å². The summed E-state index contributed by atoms with van der Waals surface area (Å²) in [6.45, 7) is 2.68. The lowest BCUT2D eigenvalue weighted by Crippen LogP contribution is -2.30. The number of hydrogen-bond donors (Lipinski definition) is 1. The summed E-state index contributed by atoms with van der Waals surface area (Å²) >= 11 is 0. The highest BCUT2D eigenvalue weighted by molar-refractivity contribution is 6.01. The minimum absolute atomic E-state index is 0.257. The molecule has 1 aromatic carbocycles. The molecule has 0 atom stereocenters. The molecule has 4 rings (SSSR count). The number of amidine groups is 1. The van der Waals surface area contributed by atoms with Crippen LogP contribution in [0.5, 0.6) is 5.75 Å². The first-order chi connectivity index (χ1) is 12.2. The van der Waals surface area contributed by atoms with Gasteiger partial charge in [-0.25, -0.2) is 9.38 Å². The van der Waals surface area contributed by atoms with Gasteiger partial charge in [-0.15, -0.1) is 0 Å². The fourth-order valence-electron chi connectivity index (χ4n) is 3.21. The molecule has 1 aromatic rings. The van der Waals surface area contributed by atoms with Crippen LogP contribution < -0.4 is 10.1 Å². The SMILES string of the molecule is COc1ccc(C2=CN3CC=C(C4=CCNCC4)N=C3C=C2)cc1F. The molecule has 0 saturated heterocycles. The first-order valence-electron chi connectivity index (χ1n) is 8.44. The predicted octanol–water partition coefficient (Wildman–Crippen LogP) is 3.26. The van der Waals surface area contributed by atoms with Crippen molar-refractivity contribution >= 4 is 11.4 Å². The number of fused-ring (bicyclic) bond motifs is 1. The van der Waals surface area contributed by atoms with Crippen LogP contribution >= 0.6 is 0 Å². The van der Waals surface area contributed by atoms with E-state index in [2.05, 4.69) is 22.4 Å². The molecule has 0 radical (unpaired) electrons. The highest BCUT2D eigenvalue weighted by Crippen LogP contribution is 2.28. The number of nitrogens with zero attached hydrogens (tertiary/aromatic N) is 2. The summed E-state index contributed by atoms with van der Waals surface area (Å²) in [5, 5.41) is 3.32. The lowest BCUT2D eigenvalue weighted by molar-refractivity contribution is 0.386. The number of benzene rings is 1. The van der Waals surface area contributed by atoms with Crippen LogP contribution in [0.1, 0.15) is 12.0 Å². The van der Waals surface area contributed by atoms with Crippen LogP contribution in [0, 0.1) is 5.82 Å². The summed E-state index contributed by atoms with van der Waals surface area (Å²) < 4.78 is 18.9. The molecular weight excluding hydrogens is 317 g/mol. The van der Waals surface area contributed by atoms with Crippen LogP contribution in [0.4, 0.5) is 4.39 Å². The zero-order chi connectivity index (χ0) is 17.2. The van der Waals surface area contributed by atoms with E-state index >= 15 is 0 Å². The molecule has 25 heavy (non-hydrogen) atoms. The van der Waals surface area contributed by atoms with Crippen molar-refractivity contribution in [3.05, 3.63) is 71.4 Å². The van der Waals surface area contributed by atoms with Crippen LogP contribution in [0.15, 0.2) is 65.0 Å². The van der Waals surface area contributed by atoms with Crippen molar-refractivity contribution in [2.24, 2.45) is 4.99 Å². The lowest BCUT2D eigenvalue weighted by Gasteiger charge is -2.28. The van der Waals surface area contributed by atoms with Crippen molar-refractivity contribution in [3.63, 3.8) is 0 Å². The molecule has 0 bridgehead atoms. The van der Waals surface area contributed by atoms with E-state index in [4.69, 9.17) is 9.73 Å². The number of hydrogen-bond acceptors (Lipinski definition) is 4. The molecule has 3 heterocycles. The first kappa shape index (κ1) is 15.8. The van der Waals surface area contributed by atoms with Gasteiger partial charge < -0.3 is 15.0 Å². The fourth-order valence-corrected chi connectivity index (χ4v) is 3.21. The van der Waals surface area contributed by atoms with E-state index in [1.54, 1.807) is 6.07 Å². The van der Waals surface area contributed by atoms with Gasteiger partial charge in [0.05, 0.1) is 12.8 Å². The summed E-state index contributed by atoms with van der Waals surface area (Å²) in [6, 6.07) is 5.02. The standard InChI is InChI=1S/C20H20FN3O/c1-25-19-4-2-15(12-17(19)21)16-3-5-20-23-18(8-11-24(20)13-16)14-6-9-22-10-7-14/h2-6,8,12-13,22H,7,9-11H2,1H3. The van der Waals surface area contributed by atoms with E-state index in [-0.39, 0.29) is 11.6 Å². The van der Waals surface area contributed by atoms with Crippen molar-refractivity contribution < 1.29 is 9.13 Å². The van der Waals surface area contributed by atoms with E-state index in [1.165, 1.54) is 18.7 Å². The Balaban J connectivity index is 1.56. The van der Waals surface area contributed by atoms with Crippen LogP contribution in [-0.2, 0) is 0 Å². The van der Waals surface area contributed by atoms with Crippen molar-refractivity contribution in [1.82, 2.24) is 10.2 Å². The summed E-state index contributed by atoms with van der Waals surface area (Å²) in [6.07, 6.45) is 11.4. The minimum atomic E-state index is -0.354. The fraction of sp³-hybridized carbons (Fsp3) is 0.250. The van der Waals surface area contributed by atoms with Gasteiger partial charge in [-0.1, -0.05) is 12.1 Å². The lowest BCUT2D eigenvalue weighted by atomic mass is 10.0. The summed E-state index contributed by atoms with van der Waals surface area (Å²) in [7, 11) is 1.47. The molecule has 0 aliphatic carbocycles. The van der Waals surface area contributed by atoms with Crippen molar-refractivity contribution in [3.8, 4) is 5.75 Å². The van der Waals surface area contributed by atoms with Crippen LogP contribution in [0.3, 0.4) is 0 Å². The van der Waals surface area contributed by atoms with Crippen LogP contribution in [-0.4, -0.2) is 37.5 Å². The maximum absolute atomic E-state index is 14.0. The third-order valence-electron chi connectivity index (χ3n) is 4.60. The highest BCUT2D eigenvalue weighted by atomic mass is 19.1. The molecule has 0 spiro atoms. The Morgan fingerprint density at radius 2 is 2.16 bits per heavy atom. The number of allylic oxidation sites excluding steroid dienone is 3. The Kier molecular flexibility index (Phi) is 4.24. The number of ether oxygens (including phenoxy) is 1. The Morgan fingerprint density at radius 1 is 1.24 bits per heavy atom. The quantitative estimate of drug-likeness (QED) is 0.920. The molecule has 0 amide bonds. The van der Waals surface area contributed by atoms with Gasteiger partial charge >= 0.3 is 0 Å². The second-order valence-corrected chi connectivity index (χ2v) is 6.16. The molecule has 0 aromatic heterocycles. The van der Waals surface area contributed by atoms with Crippen molar-refractivity contribution in [2.75, 3.05) is 26.7 Å². The number of rotatable bonds is 3. The van der Waals surface area contributed by atoms with E-state index in [1.807, 2.05) is 24.4 Å². The number of halogens is 1. The van der Waals surface area contributed by atoms with Crippen LogP contribution in [0.25, 0.3) is 5.57 Å². The molecule has 3 aliphatic heterocycles. The Morgan fingerprint density at radius 3 is 2.92 bits per heavy atom.